The Morgan fingerprint density at radius 2 is 2.20 bits per heavy atom. The van der Waals surface area contributed by atoms with Crippen molar-refractivity contribution in [3.8, 4) is 11.4 Å². The summed E-state index contributed by atoms with van der Waals surface area (Å²) in [5, 5.41) is 11.4. The minimum atomic E-state index is -0.302. The maximum absolute atomic E-state index is 12.4. The number of methoxy groups -OCH3 is 1. The van der Waals surface area contributed by atoms with Gasteiger partial charge < -0.3 is 10.1 Å². The van der Waals surface area contributed by atoms with Crippen LogP contribution in [0, 0.1) is 0 Å². The second kappa shape index (κ2) is 7.65. The molecule has 0 saturated carbocycles. The zero-order valence-corrected chi connectivity index (χ0v) is 14.3. The number of amides is 1. The molecular weight excluding hydrogens is 318 g/mol. The van der Waals surface area contributed by atoms with Crippen molar-refractivity contribution in [2.45, 2.75) is 25.9 Å². The highest BCUT2D eigenvalue weighted by Crippen LogP contribution is 2.16. The highest BCUT2D eigenvalue weighted by molar-refractivity contribution is 5.80. The molecule has 0 bridgehead atoms. The second-order valence-electron chi connectivity index (χ2n) is 5.62. The van der Waals surface area contributed by atoms with Crippen LogP contribution >= 0.6 is 0 Å². The minimum absolute atomic E-state index is 0.0552. The smallest absolute Gasteiger partial charge is 0.245 e. The van der Waals surface area contributed by atoms with E-state index >= 15 is 0 Å². The molecule has 1 N–H and O–H groups in total. The molecule has 7 nitrogen and oxygen atoms in total. The Labute approximate surface area is 146 Å². The van der Waals surface area contributed by atoms with Crippen LogP contribution in [-0.2, 0) is 11.3 Å². The number of hydrogen-bond donors (Lipinski definition) is 1. The van der Waals surface area contributed by atoms with Crippen LogP contribution in [0.4, 0.5) is 0 Å². The summed E-state index contributed by atoms with van der Waals surface area (Å²) in [6.45, 7) is 2.38. The number of rotatable bonds is 7. The lowest BCUT2D eigenvalue weighted by atomic mass is 10.2. The van der Waals surface area contributed by atoms with Gasteiger partial charge in [-0.3, -0.25) is 9.48 Å². The Morgan fingerprint density at radius 3 is 2.92 bits per heavy atom. The first-order valence-corrected chi connectivity index (χ1v) is 8.16. The number of benzene rings is 1. The van der Waals surface area contributed by atoms with E-state index in [9.17, 15) is 4.79 Å². The van der Waals surface area contributed by atoms with Crippen molar-refractivity contribution in [1.29, 1.82) is 0 Å². The number of carbonyl (C=O) groups excluding carboxylic acids is 1. The van der Waals surface area contributed by atoms with Gasteiger partial charge in [-0.15, -0.1) is 0 Å². The molecular formula is C18H21N5O2. The first-order chi connectivity index (χ1) is 12.2. The molecule has 0 spiro atoms. The fraction of sp³-hybridized carbons (Fsp3) is 0.278. The zero-order valence-electron chi connectivity index (χ0n) is 14.3. The molecule has 3 rings (SSSR count). The summed E-state index contributed by atoms with van der Waals surface area (Å²) in [6, 6.07) is 9.15. The molecule has 1 aromatic carbocycles. The largest absolute Gasteiger partial charge is 0.497 e. The van der Waals surface area contributed by atoms with Gasteiger partial charge in [0.1, 0.15) is 11.8 Å². The Morgan fingerprint density at radius 1 is 1.32 bits per heavy atom. The zero-order chi connectivity index (χ0) is 17.6. The molecule has 0 aliphatic heterocycles. The van der Waals surface area contributed by atoms with Crippen LogP contribution < -0.4 is 10.1 Å². The fourth-order valence-electron chi connectivity index (χ4n) is 2.61. The average Bonchev–Trinajstić information content (AvgIpc) is 3.33. The third kappa shape index (κ3) is 3.88. The van der Waals surface area contributed by atoms with E-state index < -0.39 is 0 Å². The summed E-state index contributed by atoms with van der Waals surface area (Å²) in [5.41, 5.74) is 1.83. The number of ether oxygens (including phenoxy) is 1. The van der Waals surface area contributed by atoms with Crippen molar-refractivity contribution in [3.63, 3.8) is 0 Å². The van der Waals surface area contributed by atoms with Crippen molar-refractivity contribution in [1.82, 2.24) is 24.9 Å². The Hall–Kier alpha value is -3.09. The first kappa shape index (κ1) is 16.8. The quantitative estimate of drug-likeness (QED) is 0.717. The van der Waals surface area contributed by atoms with Crippen LogP contribution in [-0.4, -0.2) is 32.6 Å². The Kier molecular flexibility index (Phi) is 5.13. The first-order valence-electron chi connectivity index (χ1n) is 8.16. The standard InChI is InChI=1S/C18H21N5O2/c1-3-17(22-9-5-8-20-22)18(24)19-11-14-12-21-23(13-14)15-6-4-7-16(10-15)25-2/h4-10,12-13,17H,3,11H2,1-2H3,(H,19,24)/t17-/m0/s1. The molecule has 1 amide bonds. The van der Waals surface area contributed by atoms with Crippen LogP contribution in [0.5, 0.6) is 5.75 Å². The van der Waals surface area contributed by atoms with E-state index in [0.29, 0.717) is 13.0 Å². The number of aromatic nitrogens is 4. The minimum Gasteiger partial charge on any atom is -0.497 e. The maximum Gasteiger partial charge on any atom is 0.245 e. The van der Waals surface area contributed by atoms with Gasteiger partial charge in [-0.25, -0.2) is 4.68 Å². The van der Waals surface area contributed by atoms with Gasteiger partial charge in [0.15, 0.2) is 0 Å². The van der Waals surface area contributed by atoms with E-state index in [-0.39, 0.29) is 11.9 Å². The van der Waals surface area contributed by atoms with Gasteiger partial charge in [-0.05, 0) is 24.6 Å². The van der Waals surface area contributed by atoms with Gasteiger partial charge in [0.05, 0.1) is 19.0 Å². The number of nitrogens with zero attached hydrogens (tertiary/aromatic N) is 4. The SMILES string of the molecule is CC[C@@H](C(=O)NCc1cnn(-c2cccc(OC)c2)c1)n1cccn1. The van der Waals surface area contributed by atoms with Gasteiger partial charge in [-0.1, -0.05) is 13.0 Å². The molecule has 0 saturated heterocycles. The van der Waals surface area contributed by atoms with Gasteiger partial charge in [0, 0.05) is 36.8 Å². The van der Waals surface area contributed by atoms with E-state index in [1.165, 1.54) is 0 Å². The van der Waals surface area contributed by atoms with Crippen LogP contribution in [0.2, 0.25) is 0 Å². The van der Waals surface area contributed by atoms with Gasteiger partial charge in [-0.2, -0.15) is 10.2 Å². The lowest BCUT2D eigenvalue weighted by Gasteiger charge is -2.15. The highest BCUT2D eigenvalue weighted by Gasteiger charge is 2.18. The lowest BCUT2D eigenvalue weighted by Crippen LogP contribution is -2.32. The van der Waals surface area contributed by atoms with Crippen LogP contribution in [0.1, 0.15) is 24.9 Å². The molecule has 0 aliphatic rings. The second-order valence-corrected chi connectivity index (χ2v) is 5.62. The van der Waals surface area contributed by atoms with Crippen molar-refractivity contribution in [3.05, 3.63) is 60.7 Å². The van der Waals surface area contributed by atoms with Gasteiger partial charge in [0.2, 0.25) is 5.91 Å². The molecule has 7 heteroatoms. The molecule has 0 unspecified atom stereocenters. The number of nitrogens with one attached hydrogen (secondary N) is 1. The van der Waals surface area contributed by atoms with Crippen molar-refractivity contribution < 1.29 is 9.53 Å². The molecule has 2 heterocycles. The molecule has 1 atom stereocenters. The molecule has 0 aliphatic carbocycles. The van der Waals surface area contributed by atoms with Crippen molar-refractivity contribution >= 4 is 5.91 Å². The third-order valence-electron chi connectivity index (χ3n) is 3.95. The summed E-state index contributed by atoms with van der Waals surface area (Å²) in [4.78, 5) is 12.4. The van der Waals surface area contributed by atoms with E-state index in [1.54, 1.807) is 35.1 Å². The number of carbonyl (C=O) groups is 1. The molecule has 25 heavy (non-hydrogen) atoms. The van der Waals surface area contributed by atoms with Gasteiger partial charge >= 0.3 is 0 Å². The predicted molar refractivity (Wildman–Crippen MR) is 93.5 cm³/mol. The third-order valence-corrected chi connectivity index (χ3v) is 3.95. The molecule has 0 radical (unpaired) electrons. The van der Waals surface area contributed by atoms with Crippen LogP contribution in [0.25, 0.3) is 5.69 Å². The molecule has 0 fully saturated rings. The average molecular weight is 339 g/mol. The van der Waals surface area contributed by atoms with E-state index in [1.807, 2.05) is 43.5 Å². The topological polar surface area (TPSA) is 74.0 Å². The number of hydrogen-bond acceptors (Lipinski definition) is 4. The summed E-state index contributed by atoms with van der Waals surface area (Å²) >= 11 is 0. The lowest BCUT2D eigenvalue weighted by molar-refractivity contribution is -0.124. The highest BCUT2D eigenvalue weighted by atomic mass is 16.5. The molecule has 130 valence electrons. The maximum atomic E-state index is 12.4. The Balaban J connectivity index is 1.64. The summed E-state index contributed by atoms with van der Waals surface area (Å²) < 4.78 is 8.66. The summed E-state index contributed by atoms with van der Waals surface area (Å²) in [6.07, 6.45) is 7.79. The summed E-state index contributed by atoms with van der Waals surface area (Å²) in [7, 11) is 1.63. The van der Waals surface area contributed by atoms with Crippen molar-refractivity contribution in [2.75, 3.05) is 7.11 Å². The fourth-order valence-corrected chi connectivity index (χ4v) is 2.61. The molecule has 2 aromatic heterocycles. The van der Waals surface area contributed by atoms with Crippen molar-refractivity contribution in [2.24, 2.45) is 0 Å². The van der Waals surface area contributed by atoms with E-state index in [4.69, 9.17) is 4.74 Å². The monoisotopic (exact) mass is 339 g/mol. The molecule has 3 aromatic rings. The van der Waals surface area contributed by atoms with Gasteiger partial charge in [0.25, 0.3) is 0 Å². The van der Waals surface area contributed by atoms with E-state index in [2.05, 4.69) is 15.5 Å². The normalized spacial score (nSPS) is 11.9. The summed E-state index contributed by atoms with van der Waals surface area (Å²) in [5.74, 6) is 0.716. The Bertz CT molecular complexity index is 826. The van der Waals surface area contributed by atoms with E-state index in [0.717, 1.165) is 17.0 Å². The predicted octanol–water partition coefficient (Wildman–Crippen LogP) is 2.34. The van der Waals surface area contributed by atoms with Crippen LogP contribution in [0.3, 0.4) is 0 Å². The van der Waals surface area contributed by atoms with Crippen LogP contribution in [0.15, 0.2) is 55.1 Å².